The van der Waals surface area contributed by atoms with Crippen LogP contribution in [-0.4, -0.2) is 0 Å². The summed E-state index contributed by atoms with van der Waals surface area (Å²) >= 11 is 1.77. The average Bonchev–Trinajstić information content (AvgIpc) is 2.50. The third kappa shape index (κ3) is 1.16. The number of hydrogen-bond acceptors (Lipinski definition) is 1. The molecular weight excluding hydrogens is 152 g/mol. The minimum absolute atomic E-state index is 1.13. The molecule has 1 heterocycles. The Bertz CT molecular complexity index is 360. The van der Waals surface area contributed by atoms with Gasteiger partial charge in [-0.3, -0.25) is 0 Å². The van der Waals surface area contributed by atoms with Crippen LogP contribution in [0, 0.1) is 0 Å². The first-order chi connectivity index (χ1) is 5.40. The standard InChI is InChI=1S/C10H10S/c1-2-8-3-4-9-6-11-7-10(9)5-8/h3-7H,2H2,1H3. The molecule has 0 nitrogen and oxygen atoms in total. The van der Waals surface area contributed by atoms with Gasteiger partial charge in [-0.2, -0.15) is 11.3 Å². The van der Waals surface area contributed by atoms with E-state index in [1.165, 1.54) is 16.3 Å². The van der Waals surface area contributed by atoms with E-state index in [2.05, 4.69) is 35.9 Å². The molecule has 0 amide bonds. The topological polar surface area (TPSA) is 0 Å². The quantitative estimate of drug-likeness (QED) is 0.602. The number of thiophene rings is 1. The van der Waals surface area contributed by atoms with E-state index in [1.54, 1.807) is 11.3 Å². The molecule has 0 atom stereocenters. The summed E-state index contributed by atoms with van der Waals surface area (Å²) < 4.78 is 0. The SMILES string of the molecule is CCc1ccc2cscc2c1. The second-order valence-corrected chi connectivity index (χ2v) is 3.43. The van der Waals surface area contributed by atoms with Crippen molar-refractivity contribution in [2.24, 2.45) is 0 Å². The second kappa shape index (κ2) is 2.67. The number of fused-ring (bicyclic) bond motifs is 1. The zero-order valence-corrected chi connectivity index (χ0v) is 7.32. The summed E-state index contributed by atoms with van der Waals surface area (Å²) in [4.78, 5) is 0. The summed E-state index contributed by atoms with van der Waals surface area (Å²) in [5.74, 6) is 0. The molecule has 0 aliphatic rings. The highest BCUT2D eigenvalue weighted by Crippen LogP contribution is 2.20. The van der Waals surface area contributed by atoms with Crippen molar-refractivity contribution in [1.29, 1.82) is 0 Å². The Kier molecular flexibility index (Phi) is 1.66. The molecule has 0 N–H and O–H groups in total. The molecule has 0 fully saturated rings. The van der Waals surface area contributed by atoms with Crippen molar-refractivity contribution < 1.29 is 0 Å². The molecule has 0 aliphatic carbocycles. The summed E-state index contributed by atoms with van der Waals surface area (Å²) in [5, 5.41) is 7.14. The minimum atomic E-state index is 1.13. The normalized spacial score (nSPS) is 10.6. The van der Waals surface area contributed by atoms with Gasteiger partial charge in [-0.05, 0) is 33.5 Å². The molecule has 1 heteroatoms. The van der Waals surface area contributed by atoms with Gasteiger partial charge in [0, 0.05) is 0 Å². The molecule has 0 bridgehead atoms. The Morgan fingerprint density at radius 1 is 1.18 bits per heavy atom. The van der Waals surface area contributed by atoms with Gasteiger partial charge in [-0.25, -0.2) is 0 Å². The Morgan fingerprint density at radius 2 is 2.00 bits per heavy atom. The zero-order valence-electron chi connectivity index (χ0n) is 6.50. The molecule has 0 radical (unpaired) electrons. The lowest BCUT2D eigenvalue weighted by atomic mass is 10.1. The highest BCUT2D eigenvalue weighted by molar-refractivity contribution is 7.09. The molecule has 0 saturated carbocycles. The Morgan fingerprint density at radius 3 is 2.82 bits per heavy atom. The van der Waals surface area contributed by atoms with Gasteiger partial charge < -0.3 is 0 Å². The fourth-order valence-electron chi connectivity index (χ4n) is 1.23. The maximum Gasteiger partial charge on any atom is -0.00144 e. The van der Waals surface area contributed by atoms with Gasteiger partial charge in [-0.15, -0.1) is 0 Å². The van der Waals surface area contributed by atoms with Crippen LogP contribution in [0.3, 0.4) is 0 Å². The first kappa shape index (κ1) is 6.86. The van der Waals surface area contributed by atoms with Gasteiger partial charge >= 0.3 is 0 Å². The minimum Gasteiger partial charge on any atom is -0.151 e. The summed E-state index contributed by atoms with van der Waals surface area (Å²) in [7, 11) is 0. The Labute approximate surface area is 70.5 Å². The van der Waals surface area contributed by atoms with Gasteiger partial charge in [-0.1, -0.05) is 25.1 Å². The predicted molar refractivity (Wildman–Crippen MR) is 51.2 cm³/mol. The largest absolute Gasteiger partial charge is 0.151 e. The van der Waals surface area contributed by atoms with Crippen molar-refractivity contribution in [3.63, 3.8) is 0 Å². The van der Waals surface area contributed by atoms with Gasteiger partial charge in [0.15, 0.2) is 0 Å². The van der Waals surface area contributed by atoms with Crippen molar-refractivity contribution in [3.8, 4) is 0 Å². The third-order valence-electron chi connectivity index (χ3n) is 1.95. The smallest absolute Gasteiger partial charge is 0.00144 e. The summed E-state index contributed by atoms with van der Waals surface area (Å²) in [5.41, 5.74) is 1.43. The van der Waals surface area contributed by atoms with Crippen LogP contribution >= 0.6 is 11.3 Å². The van der Waals surface area contributed by atoms with Crippen molar-refractivity contribution in [3.05, 3.63) is 34.5 Å². The van der Waals surface area contributed by atoms with Crippen LogP contribution in [-0.2, 0) is 6.42 Å². The Balaban J connectivity index is 2.67. The monoisotopic (exact) mass is 162 g/mol. The Hall–Kier alpha value is -0.820. The number of hydrogen-bond donors (Lipinski definition) is 0. The molecule has 11 heavy (non-hydrogen) atoms. The number of rotatable bonds is 1. The lowest BCUT2D eigenvalue weighted by Gasteiger charge is -1.94. The van der Waals surface area contributed by atoms with Crippen LogP contribution in [0.4, 0.5) is 0 Å². The average molecular weight is 162 g/mol. The van der Waals surface area contributed by atoms with Gasteiger partial charge in [0.05, 0.1) is 0 Å². The highest BCUT2D eigenvalue weighted by Gasteiger charge is 1.94. The van der Waals surface area contributed by atoms with Crippen molar-refractivity contribution in [2.75, 3.05) is 0 Å². The van der Waals surface area contributed by atoms with E-state index in [0.717, 1.165) is 6.42 Å². The molecule has 1 aromatic heterocycles. The number of aryl methyl sites for hydroxylation is 1. The van der Waals surface area contributed by atoms with E-state index >= 15 is 0 Å². The van der Waals surface area contributed by atoms with Crippen LogP contribution < -0.4 is 0 Å². The molecule has 0 aliphatic heterocycles. The van der Waals surface area contributed by atoms with Crippen LogP contribution in [0.5, 0.6) is 0 Å². The second-order valence-electron chi connectivity index (χ2n) is 2.69. The molecule has 0 spiro atoms. The van der Waals surface area contributed by atoms with Crippen molar-refractivity contribution in [2.45, 2.75) is 13.3 Å². The van der Waals surface area contributed by atoms with E-state index in [0.29, 0.717) is 0 Å². The van der Waals surface area contributed by atoms with E-state index in [1.807, 2.05) is 0 Å². The van der Waals surface area contributed by atoms with Gasteiger partial charge in [0.25, 0.3) is 0 Å². The highest BCUT2D eigenvalue weighted by atomic mass is 32.1. The van der Waals surface area contributed by atoms with Crippen LogP contribution in [0.15, 0.2) is 29.0 Å². The summed E-state index contributed by atoms with van der Waals surface area (Å²) in [6.07, 6.45) is 1.13. The van der Waals surface area contributed by atoms with Crippen LogP contribution in [0.25, 0.3) is 10.8 Å². The van der Waals surface area contributed by atoms with Crippen molar-refractivity contribution in [1.82, 2.24) is 0 Å². The van der Waals surface area contributed by atoms with Crippen LogP contribution in [0.2, 0.25) is 0 Å². The lowest BCUT2D eigenvalue weighted by molar-refractivity contribution is 1.15. The first-order valence-corrected chi connectivity index (χ1v) is 4.79. The van der Waals surface area contributed by atoms with Gasteiger partial charge in [0.2, 0.25) is 0 Å². The maximum absolute atomic E-state index is 2.27. The molecule has 0 saturated heterocycles. The molecule has 2 rings (SSSR count). The maximum atomic E-state index is 2.27. The fourth-order valence-corrected chi connectivity index (χ4v) is 2.01. The molecule has 56 valence electrons. The van der Waals surface area contributed by atoms with E-state index < -0.39 is 0 Å². The third-order valence-corrected chi connectivity index (χ3v) is 2.73. The lowest BCUT2D eigenvalue weighted by Crippen LogP contribution is -1.76. The van der Waals surface area contributed by atoms with E-state index in [4.69, 9.17) is 0 Å². The van der Waals surface area contributed by atoms with Crippen molar-refractivity contribution >= 4 is 22.1 Å². The summed E-state index contributed by atoms with van der Waals surface area (Å²) in [6.45, 7) is 2.19. The number of benzene rings is 1. The van der Waals surface area contributed by atoms with E-state index in [-0.39, 0.29) is 0 Å². The molecule has 1 aromatic carbocycles. The first-order valence-electron chi connectivity index (χ1n) is 3.85. The fraction of sp³-hybridized carbons (Fsp3) is 0.200. The molecule has 0 unspecified atom stereocenters. The molecule has 2 aromatic rings. The predicted octanol–water partition coefficient (Wildman–Crippen LogP) is 3.46. The summed E-state index contributed by atoms with van der Waals surface area (Å²) in [6, 6.07) is 6.67. The van der Waals surface area contributed by atoms with E-state index in [9.17, 15) is 0 Å². The van der Waals surface area contributed by atoms with Gasteiger partial charge in [0.1, 0.15) is 0 Å². The zero-order chi connectivity index (χ0) is 7.68. The molecular formula is C10H10S. The van der Waals surface area contributed by atoms with Crippen LogP contribution in [0.1, 0.15) is 12.5 Å².